The molecule has 18 heavy (non-hydrogen) atoms. The van der Waals surface area contributed by atoms with E-state index in [2.05, 4.69) is 6.26 Å². The summed E-state index contributed by atoms with van der Waals surface area (Å²) in [5.41, 5.74) is 0.496. The maximum atomic E-state index is 12.2. The van der Waals surface area contributed by atoms with Crippen molar-refractivity contribution in [3.63, 3.8) is 0 Å². The smallest absolute Gasteiger partial charge is 0.331 e. The molecular formula is C13H21NO3S. The number of carboxylic acids is 1. The molecule has 0 aromatic heterocycles. The van der Waals surface area contributed by atoms with Crippen LogP contribution < -0.4 is 0 Å². The summed E-state index contributed by atoms with van der Waals surface area (Å²) < 4.78 is 0. The Bertz CT molecular complexity index is 365. The molecule has 1 aliphatic heterocycles. The van der Waals surface area contributed by atoms with Gasteiger partial charge in [0, 0.05) is 29.5 Å². The molecule has 1 N–H and O–H groups in total. The van der Waals surface area contributed by atoms with Crippen LogP contribution in [0.5, 0.6) is 0 Å². The Kier molecular flexibility index (Phi) is 5.72. The third-order valence-electron chi connectivity index (χ3n) is 3.50. The lowest BCUT2D eigenvalue weighted by atomic mass is 10.1. The fourth-order valence-electron chi connectivity index (χ4n) is 2.06. The Labute approximate surface area is 112 Å². The lowest BCUT2D eigenvalue weighted by Crippen LogP contribution is -2.33. The molecule has 1 saturated heterocycles. The van der Waals surface area contributed by atoms with Crippen LogP contribution in [0.2, 0.25) is 0 Å². The highest BCUT2D eigenvalue weighted by atomic mass is 32.2. The predicted molar refractivity (Wildman–Crippen MR) is 73.7 cm³/mol. The van der Waals surface area contributed by atoms with Gasteiger partial charge in [0.1, 0.15) is 0 Å². The van der Waals surface area contributed by atoms with E-state index in [0.717, 1.165) is 32.4 Å². The van der Waals surface area contributed by atoms with Crippen LogP contribution >= 0.6 is 11.8 Å². The Morgan fingerprint density at radius 1 is 1.17 bits per heavy atom. The van der Waals surface area contributed by atoms with E-state index in [4.69, 9.17) is 5.11 Å². The highest BCUT2D eigenvalue weighted by Gasteiger charge is 2.22. The van der Waals surface area contributed by atoms with Gasteiger partial charge in [0.05, 0.1) is 0 Å². The zero-order chi connectivity index (χ0) is 13.7. The highest BCUT2D eigenvalue weighted by Crippen LogP contribution is 2.22. The number of hydrogen-bond acceptors (Lipinski definition) is 3. The molecule has 1 rings (SSSR count). The maximum Gasteiger partial charge on any atom is 0.331 e. The second kappa shape index (κ2) is 6.83. The van der Waals surface area contributed by atoms with Crippen LogP contribution in [0.3, 0.4) is 0 Å². The monoisotopic (exact) mass is 271 g/mol. The second-order valence-corrected chi connectivity index (χ2v) is 5.77. The van der Waals surface area contributed by atoms with E-state index < -0.39 is 5.97 Å². The fraction of sp³-hybridized carbons (Fsp3) is 0.692. The molecule has 1 fully saturated rings. The largest absolute Gasteiger partial charge is 0.478 e. The van der Waals surface area contributed by atoms with Gasteiger partial charge in [-0.2, -0.15) is 11.8 Å². The zero-order valence-corrected chi connectivity index (χ0v) is 12.0. The molecule has 0 aromatic rings. The number of hydrogen-bond donors (Lipinski definition) is 1. The van der Waals surface area contributed by atoms with Crippen molar-refractivity contribution in [2.45, 2.75) is 38.4 Å². The summed E-state index contributed by atoms with van der Waals surface area (Å²) in [7, 11) is 0. The SMILES string of the molecule is CSC1CCCN(C(=O)C(C)=C(C)C(=O)O)CC1. The molecule has 0 bridgehead atoms. The van der Waals surface area contributed by atoms with E-state index >= 15 is 0 Å². The van der Waals surface area contributed by atoms with Crippen LogP contribution in [0.15, 0.2) is 11.1 Å². The minimum Gasteiger partial charge on any atom is -0.478 e. The van der Waals surface area contributed by atoms with Crippen molar-refractivity contribution in [2.24, 2.45) is 0 Å². The minimum absolute atomic E-state index is 0.128. The quantitative estimate of drug-likeness (QED) is 0.799. The summed E-state index contributed by atoms with van der Waals surface area (Å²) >= 11 is 1.85. The van der Waals surface area contributed by atoms with Crippen molar-refractivity contribution >= 4 is 23.6 Å². The number of amides is 1. The molecular weight excluding hydrogens is 250 g/mol. The van der Waals surface area contributed by atoms with E-state index in [1.54, 1.807) is 11.8 Å². The van der Waals surface area contributed by atoms with Gasteiger partial charge in [-0.25, -0.2) is 4.79 Å². The minimum atomic E-state index is -1.02. The average Bonchev–Trinajstić information content (AvgIpc) is 2.61. The van der Waals surface area contributed by atoms with E-state index in [1.807, 2.05) is 11.8 Å². The first-order valence-corrected chi connectivity index (χ1v) is 7.49. The second-order valence-electron chi connectivity index (χ2n) is 4.64. The molecule has 0 saturated carbocycles. The standard InChI is InChI=1S/C13H21NO3S/c1-9(10(2)13(16)17)12(15)14-7-4-5-11(18-3)6-8-14/h11H,4-8H2,1-3H3,(H,16,17). The van der Waals surface area contributed by atoms with Crippen LogP contribution in [0.4, 0.5) is 0 Å². The molecule has 0 aliphatic carbocycles. The van der Waals surface area contributed by atoms with Crippen molar-refractivity contribution in [3.05, 3.63) is 11.1 Å². The van der Waals surface area contributed by atoms with E-state index in [1.165, 1.54) is 6.92 Å². The summed E-state index contributed by atoms with van der Waals surface area (Å²) in [5, 5.41) is 9.52. The van der Waals surface area contributed by atoms with Crippen molar-refractivity contribution in [1.29, 1.82) is 0 Å². The number of aliphatic carboxylic acids is 1. The number of carboxylic acid groups (broad SMARTS) is 1. The fourth-order valence-corrected chi connectivity index (χ4v) is 2.81. The summed E-state index contributed by atoms with van der Waals surface area (Å²) in [6.45, 7) is 4.55. The summed E-state index contributed by atoms with van der Waals surface area (Å²) in [6.07, 6.45) is 5.22. The number of thioether (sulfide) groups is 1. The number of carbonyl (C=O) groups excluding carboxylic acids is 1. The van der Waals surface area contributed by atoms with Gasteiger partial charge in [-0.15, -0.1) is 0 Å². The lowest BCUT2D eigenvalue weighted by Gasteiger charge is -2.21. The van der Waals surface area contributed by atoms with Crippen molar-refractivity contribution in [2.75, 3.05) is 19.3 Å². The Balaban J connectivity index is 2.73. The number of likely N-dealkylation sites (tertiary alicyclic amines) is 1. The topological polar surface area (TPSA) is 57.6 Å². The van der Waals surface area contributed by atoms with Crippen molar-refractivity contribution in [1.82, 2.24) is 4.90 Å². The number of nitrogens with zero attached hydrogens (tertiary/aromatic N) is 1. The lowest BCUT2D eigenvalue weighted by molar-refractivity contribution is -0.133. The van der Waals surface area contributed by atoms with Gasteiger partial charge in [-0.1, -0.05) is 0 Å². The van der Waals surface area contributed by atoms with E-state index in [-0.39, 0.29) is 11.5 Å². The molecule has 4 nitrogen and oxygen atoms in total. The summed E-state index contributed by atoms with van der Waals surface area (Å²) in [4.78, 5) is 24.8. The van der Waals surface area contributed by atoms with Gasteiger partial charge >= 0.3 is 5.97 Å². The molecule has 102 valence electrons. The summed E-state index contributed by atoms with van der Waals surface area (Å²) in [5.74, 6) is -1.14. The van der Waals surface area contributed by atoms with Crippen LogP contribution in [-0.4, -0.2) is 46.5 Å². The van der Waals surface area contributed by atoms with Gasteiger partial charge in [0.2, 0.25) is 5.91 Å². The van der Waals surface area contributed by atoms with E-state index in [9.17, 15) is 9.59 Å². The first-order valence-electron chi connectivity index (χ1n) is 6.20. The highest BCUT2D eigenvalue weighted by molar-refractivity contribution is 7.99. The molecule has 0 radical (unpaired) electrons. The summed E-state index contributed by atoms with van der Waals surface area (Å²) in [6, 6.07) is 0. The third-order valence-corrected chi connectivity index (χ3v) is 4.64. The Morgan fingerprint density at radius 2 is 1.83 bits per heavy atom. The molecule has 0 aromatic carbocycles. The molecule has 0 spiro atoms. The van der Waals surface area contributed by atoms with Gasteiger partial charge < -0.3 is 10.0 Å². The van der Waals surface area contributed by atoms with E-state index in [0.29, 0.717) is 10.8 Å². The van der Waals surface area contributed by atoms with Gasteiger partial charge in [0.15, 0.2) is 0 Å². The zero-order valence-electron chi connectivity index (χ0n) is 11.2. The molecule has 5 heteroatoms. The molecule has 1 aliphatic rings. The van der Waals surface area contributed by atoms with Crippen LogP contribution in [0.25, 0.3) is 0 Å². The molecule has 1 amide bonds. The van der Waals surface area contributed by atoms with Gasteiger partial charge in [0.25, 0.3) is 0 Å². The Morgan fingerprint density at radius 3 is 2.39 bits per heavy atom. The third kappa shape index (κ3) is 3.77. The first-order chi connectivity index (χ1) is 8.47. The van der Waals surface area contributed by atoms with Crippen LogP contribution in [0.1, 0.15) is 33.1 Å². The van der Waals surface area contributed by atoms with Crippen LogP contribution in [0, 0.1) is 0 Å². The number of carbonyl (C=O) groups is 2. The molecule has 1 atom stereocenters. The van der Waals surface area contributed by atoms with Crippen molar-refractivity contribution < 1.29 is 14.7 Å². The average molecular weight is 271 g/mol. The number of rotatable bonds is 3. The first kappa shape index (κ1) is 15.1. The van der Waals surface area contributed by atoms with Gasteiger partial charge in [-0.3, -0.25) is 4.79 Å². The van der Waals surface area contributed by atoms with Crippen LogP contribution in [-0.2, 0) is 9.59 Å². The normalized spacial score (nSPS) is 22.2. The molecule has 1 heterocycles. The van der Waals surface area contributed by atoms with Crippen molar-refractivity contribution in [3.8, 4) is 0 Å². The maximum absolute atomic E-state index is 12.2. The predicted octanol–water partition coefficient (Wildman–Crippen LogP) is 2.15. The molecule has 1 unspecified atom stereocenters. The Hall–Kier alpha value is -0.970. The van der Waals surface area contributed by atoms with Gasteiger partial charge in [-0.05, 0) is 39.4 Å².